The van der Waals surface area contributed by atoms with Gasteiger partial charge in [-0.1, -0.05) is 43.3 Å². The van der Waals surface area contributed by atoms with Gasteiger partial charge in [-0.15, -0.1) is 0 Å². The number of fused-ring (bicyclic) bond motifs is 1. The van der Waals surface area contributed by atoms with E-state index in [1.165, 1.54) is 17.7 Å². The van der Waals surface area contributed by atoms with Crippen LogP contribution >= 0.6 is 0 Å². The molecule has 0 aliphatic carbocycles. The summed E-state index contributed by atoms with van der Waals surface area (Å²) in [6.45, 7) is 4.74. The van der Waals surface area contributed by atoms with Crippen molar-refractivity contribution in [3.8, 4) is 5.75 Å². The van der Waals surface area contributed by atoms with Crippen LogP contribution in [-0.4, -0.2) is 17.9 Å². The molecule has 0 unspecified atom stereocenters. The van der Waals surface area contributed by atoms with Gasteiger partial charge in [-0.25, -0.2) is 0 Å². The highest BCUT2D eigenvalue weighted by Gasteiger charge is 2.21. The molecule has 1 heterocycles. The van der Waals surface area contributed by atoms with E-state index in [-0.39, 0.29) is 25.7 Å². The zero-order valence-corrected chi connectivity index (χ0v) is 14.7. The molecule has 0 saturated carbocycles. The highest BCUT2D eigenvalue weighted by molar-refractivity contribution is 5.79. The Labute approximate surface area is 151 Å². The zero-order valence-electron chi connectivity index (χ0n) is 14.7. The van der Waals surface area contributed by atoms with Crippen LogP contribution in [0.3, 0.4) is 0 Å². The van der Waals surface area contributed by atoms with E-state index in [1.54, 1.807) is 6.21 Å². The maximum Gasteiger partial charge on any atom is 0.270 e. The first-order chi connectivity index (χ1) is 12.5. The average molecular weight is 356 g/mol. The lowest BCUT2D eigenvalue weighted by Gasteiger charge is -2.20. The third-order valence-corrected chi connectivity index (χ3v) is 4.08. The number of nitro groups is 1. The second-order valence-electron chi connectivity index (χ2n) is 6.29. The number of rotatable bonds is 6. The van der Waals surface area contributed by atoms with Crippen molar-refractivity contribution in [1.82, 2.24) is 0 Å². The highest BCUT2D eigenvalue weighted by atomic mass is 16.7. The van der Waals surface area contributed by atoms with Crippen LogP contribution in [0.5, 0.6) is 5.75 Å². The van der Waals surface area contributed by atoms with Gasteiger partial charge < -0.3 is 14.3 Å². The largest absolute Gasteiger partial charge is 0.467 e. The van der Waals surface area contributed by atoms with Crippen molar-refractivity contribution in [3.63, 3.8) is 0 Å². The van der Waals surface area contributed by atoms with Crippen LogP contribution in [-0.2, 0) is 22.8 Å². The Balaban J connectivity index is 1.69. The third kappa shape index (κ3) is 4.18. The Morgan fingerprint density at radius 1 is 1.31 bits per heavy atom. The second-order valence-corrected chi connectivity index (χ2v) is 6.29. The quantitative estimate of drug-likeness (QED) is 0.441. The van der Waals surface area contributed by atoms with Crippen molar-refractivity contribution in [1.29, 1.82) is 0 Å². The summed E-state index contributed by atoms with van der Waals surface area (Å²) in [5.41, 5.74) is 3.36. The summed E-state index contributed by atoms with van der Waals surface area (Å²) < 4.78 is 10.6. The van der Waals surface area contributed by atoms with Gasteiger partial charge >= 0.3 is 0 Å². The first-order valence-corrected chi connectivity index (χ1v) is 8.30. The van der Waals surface area contributed by atoms with Gasteiger partial charge in [-0.05, 0) is 17.0 Å². The highest BCUT2D eigenvalue weighted by Crippen LogP contribution is 2.33. The van der Waals surface area contributed by atoms with E-state index >= 15 is 0 Å². The van der Waals surface area contributed by atoms with Crippen LogP contribution in [0, 0.1) is 10.1 Å². The van der Waals surface area contributed by atoms with E-state index in [0.29, 0.717) is 22.8 Å². The predicted molar refractivity (Wildman–Crippen MR) is 96.3 cm³/mol. The fourth-order valence-corrected chi connectivity index (χ4v) is 2.67. The molecule has 26 heavy (non-hydrogen) atoms. The minimum absolute atomic E-state index is 0.0234. The maximum atomic E-state index is 11.1. The lowest BCUT2D eigenvalue weighted by molar-refractivity contribution is -0.385. The van der Waals surface area contributed by atoms with Crippen LogP contribution in [0.4, 0.5) is 5.69 Å². The van der Waals surface area contributed by atoms with Crippen molar-refractivity contribution >= 4 is 11.9 Å². The smallest absolute Gasteiger partial charge is 0.270 e. The third-order valence-electron chi connectivity index (χ3n) is 4.08. The van der Waals surface area contributed by atoms with Crippen LogP contribution in [0.2, 0.25) is 0 Å². The standard InChI is InChI=1S/C19H20N2O5/c1-13(2)15-5-3-14(4-6-15)9-20-26-11-17-8-18(21(22)23)7-16-10-24-12-25-19(16)17/h3-9,13H,10-12H2,1-2H3/b20-9-. The van der Waals surface area contributed by atoms with Crippen LogP contribution < -0.4 is 4.74 Å². The average Bonchev–Trinajstić information content (AvgIpc) is 2.65. The van der Waals surface area contributed by atoms with Crippen LogP contribution in [0.25, 0.3) is 0 Å². The molecule has 0 saturated heterocycles. The molecular formula is C19H20N2O5. The maximum absolute atomic E-state index is 11.1. The van der Waals surface area contributed by atoms with Gasteiger partial charge in [0, 0.05) is 23.3 Å². The molecular weight excluding hydrogens is 336 g/mol. The normalized spacial score (nSPS) is 13.5. The summed E-state index contributed by atoms with van der Waals surface area (Å²) in [4.78, 5) is 16.0. The number of benzene rings is 2. The van der Waals surface area contributed by atoms with Gasteiger partial charge in [0.1, 0.15) is 12.4 Å². The number of non-ortho nitro benzene ring substituents is 1. The minimum atomic E-state index is -0.446. The molecule has 3 rings (SSSR count). The van der Waals surface area contributed by atoms with E-state index in [9.17, 15) is 10.1 Å². The van der Waals surface area contributed by atoms with Crippen molar-refractivity contribution < 1.29 is 19.2 Å². The molecule has 2 aromatic rings. The molecule has 0 aromatic heterocycles. The molecule has 0 atom stereocenters. The molecule has 7 nitrogen and oxygen atoms in total. The Morgan fingerprint density at radius 2 is 2.08 bits per heavy atom. The SMILES string of the molecule is CC(C)c1ccc(/C=N\OCc2cc([N+](=O)[O-])cc3c2OCOC3)cc1. The molecule has 0 N–H and O–H groups in total. The van der Waals surface area contributed by atoms with Crippen molar-refractivity contribution in [2.24, 2.45) is 5.16 Å². The Hall–Kier alpha value is -2.93. The van der Waals surface area contributed by atoms with E-state index in [2.05, 4.69) is 31.1 Å². The summed E-state index contributed by atoms with van der Waals surface area (Å²) in [6, 6.07) is 10.9. The molecule has 0 bridgehead atoms. The molecule has 0 radical (unpaired) electrons. The van der Waals surface area contributed by atoms with Crippen molar-refractivity contribution in [2.45, 2.75) is 33.0 Å². The lowest BCUT2D eigenvalue weighted by Crippen LogP contribution is -2.13. The van der Waals surface area contributed by atoms with Crippen molar-refractivity contribution in [2.75, 3.05) is 6.79 Å². The van der Waals surface area contributed by atoms with Gasteiger partial charge in [0.15, 0.2) is 6.79 Å². The molecule has 7 heteroatoms. The molecule has 0 spiro atoms. The van der Waals surface area contributed by atoms with E-state index in [0.717, 1.165) is 5.56 Å². The van der Waals surface area contributed by atoms with Crippen LogP contribution in [0.15, 0.2) is 41.6 Å². The zero-order chi connectivity index (χ0) is 18.5. The number of ether oxygens (including phenoxy) is 2. The second kappa shape index (κ2) is 7.97. The number of hydrogen-bond acceptors (Lipinski definition) is 6. The fraction of sp³-hybridized carbons (Fsp3) is 0.316. The van der Waals surface area contributed by atoms with Crippen LogP contribution in [0.1, 0.15) is 42.0 Å². The number of hydrogen-bond donors (Lipinski definition) is 0. The predicted octanol–water partition coefficient (Wildman–Crippen LogP) is 4.14. The number of oxime groups is 1. The summed E-state index contributed by atoms with van der Waals surface area (Å²) in [5.74, 6) is 1.04. The number of nitro benzene ring substituents is 1. The van der Waals surface area contributed by atoms with E-state index in [4.69, 9.17) is 14.3 Å². The van der Waals surface area contributed by atoms with Gasteiger partial charge in [-0.3, -0.25) is 10.1 Å². The fourth-order valence-electron chi connectivity index (χ4n) is 2.67. The monoisotopic (exact) mass is 356 g/mol. The first-order valence-electron chi connectivity index (χ1n) is 8.30. The summed E-state index contributed by atoms with van der Waals surface area (Å²) >= 11 is 0. The Kier molecular flexibility index (Phi) is 5.48. The Bertz CT molecular complexity index is 815. The summed E-state index contributed by atoms with van der Waals surface area (Å²) in [7, 11) is 0. The molecule has 0 fully saturated rings. The van der Waals surface area contributed by atoms with Crippen molar-refractivity contribution in [3.05, 3.63) is 68.8 Å². The summed E-state index contributed by atoms with van der Waals surface area (Å²) in [6.07, 6.45) is 1.61. The van der Waals surface area contributed by atoms with Gasteiger partial charge in [-0.2, -0.15) is 0 Å². The molecule has 1 aliphatic rings. The molecule has 2 aromatic carbocycles. The molecule has 136 valence electrons. The molecule has 1 aliphatic heterocycles. The van der Waals surface area contributed by atoms with E-state index in [1.807, 2.05) is 12.1 Å². The lowest BCUT2D eigenvalue weighted by atomic mass is 10.0. The number of nitrogens with zero attached hydrogens (tertiary/aromatic N) is 2. The first kappa shape index (κ1) is 17.9. The Morgan fingerprint density at radius 3 is 2.77 bits per heavy atom. The van der Waals surface area contributed by atoms with E-state index < -0.39 is 4.92 Å². The van der Waals surface area contributed by atoms with Gasteiger partial charge in [0.2, 0.25) is 0 Å². The topological polar surface area (TPSA) is 83.2 Å². The summed E-state index contributed by atoms with van der Waals surface area (Å²) in [5, 5.41) is 15.0. The van der Waals surface area contributed by atoms with Gasteiger partial charge in [0.25, 0.3) is 5.69 Å². The van der Waals surface area contributed by atoms with Gasteiger partial charge in [0.05, 0.1) is 17.7 Å². The minimum Gasteiger partial charge on any atom is -0.467 e. The molecule has 0 amide bonds.